The first-order chi connectivity index (χ1) is 8.65. The van der Waals surface area contributed by atoms with Gasteiger partial charge in [0.25, 0.3) is 0 Å². The normalized spacial score (nSPS) is 10.4. The smallest absolute Gasteiger partial charge is 0.217 e. The molecule has 0 spiro atoms. The van der Waals surface area contributed by atoms with Crippen LogP contribution in [0.3, 0.4) is 0 Å². The maximum absolute atomic E-state index is 10.6. The number of hydrogen-bond donors (Lipinski definition) is 3. The molecular weight excluding hydrogens is 228 g/mol. The second kappa shape index (κ2) is 5.35. The first-order valence-electron chi connectivity index (χ1n) is 5.83. The average Bonchev–Trinajstić information content (AvgIpc) is 2.34. The largest absolute Gasteiger partial charge is 0.399 e. The lowest BCUT2D eigenvalue weighted by Gasteiger charge is -2.06. The van der Waals surface area contributed by atoms with Gasteiger partial charge in [0, 0.05) is 24.0 Å². The van der Waals surface area contributed by atoms with Gasteiger partial charge in [-0.15, -0.1) is 0 Å². The summed E-state index contributed by atoms with van der Waals surface area (Å²) in [6.07, 6.45) is 1.09. The van der Waals surface area contributed by atoms with Crippen LogP contribution in [0.15, 0.2) is 30.3 Å². The second-order valence-corrected chi connectivity index (χ2v) is 4.15. The van der Waals surface area contributed by atoms with Gasteiger partial charge in [0.15, 0.2) is 0 Å². The van der Waals surface area contributed by atoms with Gasteiger partial charge in [-0.2, -0.15) is 0 Å². The van der Waals surface area contributed by atoms with Gasteiger partial charge in [-0.25, -0.2) is 4.98 Å². The van der Waals surface area contributed by atoms with E-state index in [4.69, 9.17) is 11.5 Å². The van der Waals surface area contributed by atoms with E-state index >= 15 is 0 Å². The van der Waals surface area contributed by atoms with Crippen molar-refractivity contribution in [3.8, 4) is 0 Å². The van der Waals surface area contributed by atoms with E-state index in [1.54, 1.807) is 0 Å². The third kappa shape index (κ3) is 3.10. The van der Waals surface area contributed by atoms with Gasteiger partial charge in [-0.05, 0) is 36.8 Å². The fraction of sp³-hybridized carbons (Fsp3) is 0.231. The summed E-state index contributed by atoms with van der Waals surface area (Å²) in [4.78, 5) is 15.0. The van der Waals surface area contributed by atoms with Crippen molar-refractivity contribution < 1.29 is 4.79 Å². The molecular formula is C13H16N4O. The summed E-state index contributed by atoms with van der Waals surface area (Å²) in [6.45, 7) is 0.677. The standard InChI is InChI=1S/C13H16N4O/c14-10-4-5-11-9(8-10)3-6-13(17-11)16-7-1-2-12(15)18/h3-6,8H,1-2,7,14H2,(H2,15,18)(H,16,17). The number of anilines is 2. The van der Waals surface area contributed by atoms with Crippen molar-refractivity contribution in [2.75, 3.05) is 17.6 Å². The zero-order valence-electron chi connectivity index (χ0n) is 10.0. The molecule has 0 atom stereocenters. The Labute approximate surface area is 105 Å². The number of pyridine rings is 1. The highest BCUT2D eigenvalue weighted by atomic mass is 16.1. The molecule has 1 amide bonds. The van der Waals surface area contributed by atoms with Crippen LogP contribution in [0.25, 0.3) is 10.9 Å². The van der Waals surface area contributed by atoms with Gasteiger partial charge in [-0.1, -0.05) is 0 Å². The van der Waals surface area contributed by atoms with Crippen LogP contribution in [0, 0.1) is 0 Å². The molecule has 1 aromatic heterocycles. The monoisotopic (exact) mass is 244 g/mol. The Kier molecular flexibility index (Phi) is 3.62. The first kappa shape index (κ1) is 12.2. The van der Waals surface area contributed by atoms with Gasteiger partial charge in [0.1, 0.15) is 5.82 Å². The van der Waals surface area contributed by atoms with Crippen molar-refractivity contribution in [3.05, 3.63) is 30.3 Å². The zero-order chi connectivity index (χ0) is 13.0. The fourth-order valence-corrected chi connectivity index (χ4v) is 1.72. The number of hydrogen-bond acceptors (Lipinski definition) is 4. The lowest BCUT2D eigenvalue weighted by Crippen LogP contribution is -2.12. The molecule has 0 fully saturated rings. The lowest BCUT2D eigenvalue weighted by atomic mass is 10.2. The predicted octanol–water partition coefficient (Wildman–Crippen LogP) is 1.49. The van der Waals surface area contributed by atoms with Crippen molar-refractivity contribution in [1.82, 2.24) is 4.98 Å². The molecule has 1 heterocycles. The fourth-order valence-electron chi connectivity index (χ4n) is 1.72. The Morgan fingerprint density at radius 3 is 2.89 bits per heavy atom. The van der Waals surface area contributed by atoms with Crippen molar-refractivity contribution in [1.29, 1.82) is 0 Å². The number of fused-ring (bicyclic) bond motifs is 1. The number of nitrogens with zero attached hydrogens (tertiary/aromatic N) is 1. The summed E-state index contributed by atoms with van der Waals surface area (Å²) in [6, 6.07) is 9.46. The lowest BCUT2D eigenvalue weighted by molar-refractivity contribution is -0.118. The molecule has 0 unspecified atom stereocenters. The summed E-state index contributed by atoms with van der Waals surface area (Å²) in [5.74, 6) is 0.510. The molecule has 0 radical (unpaired) electrons. The van der Waals surface area contributed by atoms with Crippen LogP contribution in [-0.4, -0.2) is 17.4 Å². The molecule has 0 aliphatic carbocycles. The SMILES string of the molecule is NC(=O)CCCNc1ccc2cc(N)ccc2n1. The molecule has 0 aliphatic heterocycles. The van der Waals surface area contributed by atoms with Crippen LogP contribution in [-0.2, 0) is 4.79 Å². The van der Waals surface area contributed by atoms with Crippen molar-refractivity contribution >= 4 is 28.3 Å². The molecule has 0 saturated heterocycles. The quantitative estimate of drug-likeness (QED) is 0.548. The number of carbonyl (C=O) groups is 1. The molecule has 0 saturated carbocycles. The predicted molar refractivity (Wildman–Crippen MR) is 73.1 cm³/mol. The van der Waals surface area contributed by atoms with Crippen molar-refractivity contribution in [2.24, 2.45) is 5.73 Å². The second-order valence-electron chi connectivity index (χ2n) is 4.15. The molecule has 1 aromatic carbocycles. The van der Waals surface area contributed by atoms with E-state index in [0.717, 1.165) is 22.4 Å². The van der Waals surface area contributed by atoms with Crippen LogP contribution in [0.1, 0.15) is 12.8 Å². The summed E-state index contributed by atoms with van der Waals surface area (Å²) < 4.78 is 0. The Bertz CT molecular complexity index is 568. The summed E-state index contributed by atoms with van der Waals surface area (Å²) in [5.41, 5.74) is 12.4. The molecule has 5 heteroatoms. The van der Waals surface area contributed by atoms with Crippen LogP contribution in [0.4, 0.5) is 11.5 Å². The van der Waals surface area contributed by atoms with Gasteiger partial charge >= 0.3 is 0 Å². The van der Waals surface area contributed by atoms with E-state index in [-0.39, 0.29) is 5.91 Å². The van der Waals surface area contributed by atoms with Gasteiger partial charge in [0.05, 0.1) is 5.52 Å². The Morgan fingerprint density at radius 1 is 1.28 bits per heavy atom. The highest BCUT2D eigenvalue weighted by molar-refractivity contribution is 5.83. The average molecular weight is 244 g/mol. The highest BCUT2D eigenvalue weighted by Crippen LogP contribution is 2.17. The number of aromatic nitrogens is 1. The third-order valence-corrected chi connectivity index (χ3v) is 2.62. The Hall–Kier alpha value is -2.30. The van der Waals surface area contributed by atoms with E-state index in [1.165, 1.54) is 0 Å². The Morgan fingerprint density at radius 2 is 2.11 bits per heavy atom. The molecule has 5 nitrogen and oxygen atoms in total. The van der Waals surface area contributed by atoms with Crippen LogP contribution in [0.5, 0.6) is 0 Å². The van der Waals surface area contributed by atoms with Crippen LogP contribution in [0.2, 0.25) is 0 Å². The van der Waals surface area contributed by atoms with Gasteiger partial charge in [-0.3, -0.25) is 4.79 Å². The van der Waals surface area contributed by atoms with E-state index in [9.17, 15) is 4.79 Å². The van der Waals surface area contributed by atoms with Crippen LogP contribution >= 0.6 is 0 Å². The number of amides is 1. The highest BCUT2D eigenvalue weighted by Gasteiger charge is 1.99. The number of benzene rings is 1. The van der Waals surface area contributed by atoms with Crippen molar-refractivity contribution in [3.63, 3.8) is 0 Å². The summed E-state index contributed by atoms with van der Waals surface area (Å²) >= 11 is 0. The number of nitrogens with one attached hydrogen (secondary N) is 1. The third-order valence-electron chi connectivity index (χ3n) is 2.62. The molecule has 0 aliphatic rings. The molecule has 2 rings (SSSR count). The van der Waals surface area contributed by atoms with E-state index < -0.39 is 0 Å². The number of rotatable bonds is 5. The minimum atomic E-state index is -0.279. The molecule has 2 aromatic rings. The number of carbonyl (C=O) groups excluding carboxylic acids is 1. The van der Waals surface area contributed by atoms with Gasteiger partial charge < -0.3 is 16.8 Å². The molecule has 94 valence electrons. The summed E-state index contributed by atoms with van der Waals surface area (Å²) in [7, 11) is 0. The van der Waals surface area contributed by atoms with E-state index in [1.807, 2.05) is 30.3 Å². The number of nitrogens with two attached hydrogens (primary N) is 2. The first-order valence-corrected chi connectivity index (χ1v) is 5.83. The number of primary amides is 1. The minimum absolute atomic E-state index is 0.279. The Balaban J connectivity index is 2.01. The molecule has 5 N–H and O–H groups in total. The molecule has 0 bridgehead atoms. The zero-order valence-corrected chi connectivity index (χ0v) is 10.0. The maximum atomic E-state index is 10.6. The van der Waals surface area contributed by atoms with Gasteiger partial charge in [0.2, 0.25) is 5.91 Å². The topological polar surface area (TPSA) is 94.0 Å². The minimum Gasteiger partial charge on any atom is -0.399 e. The number of nitrogen functional groups attached to an aromatic ring is 1. The maximum Gasteiger partial charge on any atom is 0.217 e. The van der Waals surface area contributed by atoms with Crippen molar-refractivity contribution in [2.45, 2.75) is 12.8 Å². The van der Waals surface area contributed by atoms with Crippen LogP contribution < -0.4 is 16.8 Å². The van der Waals surface area contributed by atoms with E-state index in [0.29, 0.717) is 19.4 Å². The summed E-state index contributed by atoms with van der Waals surface area (Å²) in [5, 5.41) is 4.17. The molecule has 18 heavy (non-hydrogen) atoms. The van der Waals surface area contributed by atoms with E-state index in [2.05, 4.69) is 10.3 Å².